The molecule has 2 aromatic carbocycles. The molecule has 0 amide bonds. The zero-order valence-electron chi connectivity index (χ0n) is 20.8. The lowest BCUT2D eigenvalue weighted by atomic mass is 9.72. The minimum Gasteiger partial charge on any atom is -0.497 e. The highest BCUT2D eigenvalue weighted by molar-refractivity contribution is 5.89. The van der Waals surface area contributed by atoms with E-state index >= 15 is 0 Å². The first-order valence-electron chi connectivity index (χ1n) is 12.0. The second-order valence-electron chi connectivity index (χ2n) is 9.73. The van der Waals surface area contributed by atoms with Gasteiger partial charge in [-0.3, -0.25) is 14.6 Å². The average Bonchev–Trinajstić information content (AvgIpc) is 3.26. The first-order valence-corrected chi connectivity index (χ1v) is 12.0. The van der Waals surface area contributed by atoms with Gasteiger partial charge in [-0.05, 0) is 50.6 Å². The molecule has 3 atom stereocenters. The van der Waals surface area contributed by atoms with Gasteiger partial charge in [-0.25, -0.2) is 4.98 Å². The zero-order valence-corrected chi connectivity index (χ0v) is 20.8. The van der Waals surface area contributed by atoms with E-state index in [1.165, 1.54) is 6.92 Å². The molecule has 3 heterocycles. The fourth-order valence-corrected chi connectivity index (χ4v) is 5.79. The Bertz CT molecular complexity index is 1640. The van der Waals surface area contributed by atoms with Crippen molar-refractivity contribution in [2.24, 2.45) is 0 Å². The van der Waals surface area contributed by atoms with Gasteiger partial charge in [0.2, 0.25) is 0 Å². The molecule has 6 rings (SSSR count). The number of hydrogen-bond acceptors (Lipinski definition) is 7. The topological polar surface area (TPSA) is 114 Å². The highest BCUT2D eigenvalue weighted by Crippen LogP contribution is 2.65. The lowest BCUT2D eigenvalue weighted by Crippen LogP contribution is -2.51. The van der Waals surface area contributed by atoms with Gasteiger partial charge in [-0.1, -0.05) is 35.9 Å². The van der Waals surface area contributed by atoms with Gasteiger partial charge in [0.25, 0.3) is 5.56 Å². The summed E-state index contributed by atoms with van der Waals surface area (Å²) in [4.78, 5) is 39.2. The standard InChI is InChI=1S/C29H25N3O5/c1-15-6-5-7-18(12-15)26-31-25-22(27(34)32-26)23(17(3)33)29(19-8-10-20(36-4)11-9-19)28(25,35)24-21(37-29)13-16(2)14-30-24/h5-14,23,35H,1-4H3,(H,31,32,34)/t23-,28+,29+/m1/s1. The number of aromatic nitrogens is 3. The third-order valence-corrected chi connectivity index (χ3v) is 7.35. The number of nitrogens with zero attached hydrogens (tertiary/aromatic N) is 2. The molecule has 8 nitrogen and oxygen atoms in total. The van der Waals surface area contributed by atoms with E-state index in [0.717, 1.165) is 11.1 Å². The van der Waals surface area contributed by atoms with E-state index < -0.39 is 22.7 Å². The normalized spacial score (nSPS) is 23.1. The first-order chi connectivity index (χ1) is 17.7. The number of nitrogens with one attached hydrogen (secondary N) is 1. The Balaban J connectivity index is 1.72. The fraction of sp³-hybridized carbons (Fsp3) is 0.241. The van der Waals surface area contributed by atoms with Gasteiger partial charge in [-0.15, -0.1) is 0 Å². The van der Waals surface area contributed by atoms with Crippen molar-refractivity contribution in [1.29, 1.82) is 0 Å². The van der Waals surface area contributed by atoms with Crippen LogP contribution in [0.5, 0.6) is 11.5 Å². The molecule has 186 valence electrons. The summed E-state index contributed by atoms with van der Waals surface area (Å²) >= 11 is 0. The van der Waals surface area contributed by atoms with Crippen LogP contribution in [0.2, 0.25) is 0 Å². The molecule has 0 fully saturated rings. The predicted molar refractivity (Wildman–Crippen MR) is 136 cm³/mol. The van der Waals surface area contributed by atoms with E-state index in [-0.39, 0.29) is 28.6 Å². The van der Waals surface area contributed by atoms with Gasteiger partial charge in [0, 0.05) is 17.3 Å². The number of methoxy groups -OCH3 is 1. The summed E-state index contributed by atoms with van der Waals surface area (Å²) in [5.41, 5.74) is -0.852. The van der Waals surface area contributed by atoms with Crippen molar-refractivity contribution in [3.05, 3.63) is 105 Å². The Morgan fingerprint density at radius 1 is 1.08 bits per heavy atom. The van der Waals surface area contributed by atoms with E-state index in [9.17, 15) is 14.7 Å². The van der Waals surface area contributed by atoms with Crippen LogP contribution in [0.3, 0.4) is 0 Å². The molecule has 0 unspecified atom stereocenters. The van der Waals surface area contributed by atoms with Crippen molar-refractivity contribution in [1.82, 2.24) is 15.0 Å². The Labute approximate surface area is 213 Å². The largest absolute Gasteiger partial charge is 0.497 e. The molecule has 2 N–H and O–H groups in total. The minimum atomic E-state index is -2.01. The number of hydrogen-bond donors (Lipinski definition) is 2. The summed E-state index contributed by atoms with van der Waals surface area (Å²) in [7, 11) is 1.55. The van der Waals surface area contributed by atoms with Gasteiger partial charge in [0.05, 0.1) is 24.3 Å². The number of ether oxygens (including phenoxy) is 2. The second-order valence-corrected chi connectivity index (χ2v) is 9.73. The van der Waals surface area contributed by atoms with Crippen molar-refractivity contribution in [3.63, 3.8) is 0 Å². The molecule has 8 heteroatoms. The lowest BCUT2D eigenvalue weighted by molar-refractivity contribution is -0.135. The maximum absolute atomic E-state index is 13.7. The molecule has 0 bridgehead atoms. The quantitative estimate of drug-likeness (QED) is 0.444. The maximum atomic E-state index is 13.7. The molecule has 2 aliphatic rings. The fourth-order valence-electron chi connectivity index (χ4n) is 5.79. The van der Waals surface area contributed by atoms with Crippen molar-refractivity contribution in [2.45, 2.75) is 37.9 Å². The highest BCUT2D eigenvalue weighted by Gasteiger charge is 2.74. The zero-order chi connectivity index (χ0) is 26.1. The molecule has 0 spiro atoms. The SMILES string of the molecule is COc1ccc([C@@]23Oc4cc(C)cnc4[C@]2(O)c2nc(-c4cccc(C)c4)[nH]c(=O)c2[C@H]3C(C)=O)cc1. The highest BCUT2D eigenvalue weighted by atomic mass is 16.5. The summed E-state index contributed by atoms with van der Waals surface area (Å²) in [6, 6.07) is 16.2. The van der Waals surface area contributed by atoms with Crippen LogP contribution in [0.1, 0.15) is 46.5 Å². The van der Waals surface area contributed by atoms with E-state index in [1.807, 2.05) is 38.1 Å². The van der Waals surface area contributed by atoms with Crippen LogP contribution < -0.4 is 15.0 Å². The third kappa shape index (κ3) is 2.99. The van der Waals surface area contributed by atoms with E-state index in [1.54, 1.807) is 43.6 Å². The monoisotopic (exact) mass is 495 g/mol. The van der Waals surface area contributed by atoms with Crippen LogP contribution >= 0.6 is 0 Å². The number of carbonyl (C=O) groups is 1. The van der Waals surface area contributed by atoms with Crippen molar-refractivity contribution >= 4 is 5.78 Å². The molecule has 37 heavy (non-hydrogen) atoms. The number of pyridine rings is 1. The van der Waals surface area contributed by atoms with Crippen LogP contribution in [0.4, 0.5) is 0 Å². The molecular formula is C29H25N3O5. The number of fused-ring (bicyclic) bond motifs is 5. The molecule has 1 aliphatic heterocycles. The molecule has 0 radical (unpaired) electrons. The third-order valence-electron chi connectivity index (χ3n) is 7.35. The number of aromatic amines is 1. The molecule has 2 aromatic heterocycles. The van der Waals surface area contributed by atoms with Gasteiger partial charge >= 0.3 is 0 Å². The second kappa shape index (κ2) is 7.85. The predicted octanol–water partition coefficient (Wildman–Crippen LogP) is 3.67. The van der Waals surface area contributed by atoms with Crippen molar-refractivity contribution < 1.29 is 19.4 Å². The summed E-state index contributed by atoms with van der Waals surface area (Å²) in [6.07, 6.45) is 1.62. The number of Topliss-reactive ketones (excluding diaryl/α,β-unsaturated/α-hetero) is 1. The first kappa shape index (κ1) is 23.1. The Morgan fingerprint density at radius 2 is 1.84 bits per heavy atom. The number of aryl methyl sites for hydroxylation is 2. The smallest absolute Gasteiger partial charge is 0.255 e. The molecule has 4 aromatic rings. The van der Waals surface area contributed by atoms with Gasteiger partial charge < -0.3 is 19.6 Å². The van der Waals surface area contributed by atoms with E-state index in [2.05, 4.69) is 9.97 Å². The molecule has 0 saturated heterocycles. The lowest BCUT2D eigenvalue weighted by Gasteiger charge is -2.38. The van der Waals surface area contributed by atoms with E-state index in [4.69, 9.17) is 14.5 Å². The van der Waals surface area contributed by atoms with Crippen LogP contribution in [-0.4, -0.2) is 33.0 Å². The number of benzene rings is 2. The Hall–Kier alpha value is -4.30. The van der Waals surface area contributed by atoms with Gasteiger partial charge in [0.1, 0.15) is 28.8 Å². The van der Waals surface area contributed by atoms with Crippen LogP contribution in [-0.2, 0) is 16.0 Å². The number of carbonyl (C=O) groups excluding carboxylic acids is 1. The summed E-state index contributed by atoms with van der Waals surface area (Å²) in [5, 5.41) is 12.7. The minimum absolute atomic E-state index is 0.0684. The van der Waals surface area contributed by atoms with Gasteiger partial charge in [0.15, 0.2) is 11.2 Å². The van der Waals surface area contributed by atoms with Crippen LogP contribution in [0.15, 0.2) is 65.6 Å². The Morgan fingerprint density at radius 3 is 2.51 bits per heavy atom. The summed E-state index contributed by atoms with van der Waals surface area (Å²) in [5.74, 6) is -0.254. The van der Waals surface area contributed by atoms with Crippen LogP contribution in [0, 0.1) is 13.8 Å². The average molecular weight is 496 g/mol. The summed E-state index contributed by atoms with van der Waals surface area (Å²) in [6.45, 7) is 5.20. The van der Waals surface area contributed by atoms with Crippen molar-refractivity contribution in [3.8, 4) is 22.9 Å². The summed E-state index contributed by atoms with van der Waals surface area (Å²) < 4.78 is 11.9. The molecule has 0 saturated carbocycles. The Kier molecular flexibility index (Phi) is 4.90. The van der Waals surface area contributed by atoms with Crippen molar-refractivity contribution in [2.75, 3.05) is 7.11 Å². The maximum Gasteiger partial charge on any atom is 0.255 e. The van der Waals surface area contributed by atoms with Crippen LogP contribution in [0.25, 0.3) is 11.4 Å². The molecule has 1 aliphatic carbocycles. The number of H-pyrrole nitrogens is 1. The number of rotatable bonds is 4. The number of aliphatic hydroxyl groups is 1. The number of ketones is 1. The van der Waals surface area contributed by atoms with Gasteiger partial charge in [-0.2, -0.15) is 0 Å². The van der Waals surface area contributed by atoms with E-state index in [0.29, 0.717) is 22.6 Å². The molecular weight excluding hydrogens is 470 g/mol.